The summed E-state index contributed by atoms with van der Waals surface area (Å²) >= 11 is 4.46. The first kappa shape index (κ1) is 41.1. The fourth-order valence-corrected chi connectivity index (χ4v) is 11.3. The van der Waals surface area contributed by atoms with Crippen LogP contribution in [-0.2, 0) is 41.6 Å². The van der Waals surface area contributed by atoms with Gasteiger partial charge in [-0.25, -0.2) is 0 Å². The Labute approximate surface area is 360 Å². The summed E-state index contributed by atoms with van der Waals surface area (Å²) < 4.78 is 0. The maximum atomic E-state index is 15.0. The molecule has 5 aliphatic rings. The molecule has 4 aromatic rings. The van der Waals surface area contributed by atoms with Crippen molar-refractivity contribution in [1.29, 1.82) is 0 Å². The van der Waals surface area contributed by atoms with Gasteiger partial charge in [0.1, 0.15) is 35.7 Å². The van der Waals surface area contributed by atoms with Crippen molar-refractivity contribution < 1.29 is 28.8 Å². The maximum Gasteiger partial charge on any atom is 0.246 e. The molecule has 0 radical (unpaired) electrons. The molecule has 6 amide bonds. The summed E-state index contributed by atoms with van der Waals surface area (Å²) in [5.41, 5.74) is 2.02. The largest absolute Gasteiger partial charge is 0.361 e. The highest BCUT2D eigenvalue weighted by Gasteiger charge is 2.52. The van der Waals surface area contributed by atoms with Gasteiger partial charge in [-0.1, -0.05) is 62.1 Å². The molecule has 6 N–H and O–H groups in total. The third-order valence-corrected chi connectivity index (χ3v) is 14.5. The van der Waals surface area contributed by atoms with Crippen LogP contribution in [-0.4, -0.2) is 109 Å². The summed E-state index contributed by atoms with van der Waals surface area (Å²) in [6.07, 6.45) is 11.2. The molecule has 0 unspecified atom stereocenters. The van der Waals surface area contributed by atoms with Gasteiger partial charge in [-0.2, -0.15) is 12.6 Å². The molecule has 5 fully saturated rings. The molecule has 61 heavy (non-hydrogen) atoms. The molecule has 2 aromatic carbocycles. The second-order valence-electron chi connectivity index (χ2n) is 17.9. The molecular weight excluding hydrogens is 793 g/mol. The Kier molecular flexibility index (Phi) is 11.6. The number of rotatable bonds is 6. The standard InChI is InChI=1S/C46H56N8O6S/c55-40-35(22-28-25-47-32-13-4-2-11-30(28)32)51-45(60)46(18-7-8-19-46)52-41(56)36(23-29-26-48-33-14-5-3-12-31(29)33)50-42(57)39-24-27-10-1-6-15-37(27)54(39)44(59)38-16-9-20-53(38)43(58)34(49-40)17-21-61/h2-5,11-14,25-27,34-39,47-48,61H,1,6-10,15-24H2,(H,49,55)(H,50,57)(H,51,60)(H,52,56)/t27-,34+,35+,36+,37-,38-,39-/m1/s1. The molecule has 15 heteroatoms. The lowest BCUT2D eigenvalue weighted by Gasteiger charge is -2.38. The van der Waals surface area contributed by atoms with Gasteiger partial charge in [0, 0.05) is 59.6 Å². The minimum atomic E-state index is -1.36. The molecule has 2 aliphatic carbocycles. The molecule has 7 atom stereocenters. The Balaban J connectivity index is 1.12. The minimum Gasteiger partial charge on any atom is -0.361 e. The number of para-hydroxylation sites is 2. The molecule has 3 saturated heterocycles. The summed E-state index contributed by atoms with van der Waals surface area (Å²) in [5, 5.41) is 14.0. The van der Waals surface area contributed by atoms with Gasteiger partial charge in [0.25, 0.3) is 0 Å². The number of hydrogen-bond donors (Lipinski definition) is 7. The monoisotopic (exact) mass is 848 g/mol. The third kappa shape index (κ3) is 7.89. The second kappa shape index (κ2) is 17.2. The van der Waals surface area contributed by atoms with E-state index in [2.05, 4.69) is 43.9 Å². The summed E-state index contributed by atoms with van der Waals surface area (Å²) in [6.45, 7) is 0.331. The summed E-state index contributed by atoms with van der Waals surface area (Å²) in [5.74, 6) is -2.20. The molecule has 3 aliphatic heterocycles. The van der Waals surface area contributed by atoms with E-state index in [0.29, 0.717) is 51.5 Å². The van der Waals surface area contributed by atoms with E-state index in [1.807, 2.05) is 60.9 Å². The van der Waals surface area contributed by atoms with Gasteiger partial charge in [0.2, 0.25) is 35.4 Å². The highest BCUT2D eigenvalue weighted by atomic mass is 32.1. The zero-order valence-corrected chi connectivity index (χ0v) is 35.3. The van der Waals surface area contributed by atoms with Gasteiger partial charge in [-0.15, -0.1) is 0 Å². The van der Waals surface area contributed by atoms with Gasteiger partial charge in [0.15, 0.2) is 0 Å². The number of nitrogens with zero attached hydrogens (tertiary/aromatic N) is 2. The lowest BCUT2D eigenvalue weighted by Crippen LogP contribution is -2.65. The van der Waals surface area contributed by atoms with Crippen LogP contribution in [0.1, 0.15) is 88.2 Å². The van der Waals surface area contributed by atoms with Gasteiger partial charge in [-0.05, 0) is 86.3 Å². The van der Waals surface area contributed by atoms with Crippen molar-refractivity contribution in [3.8, 4) is 0 Å². The van der Waals surface area contributed by atoms with Crippen molar-refractivity contribution in [1.82, 2.24) is 41.0 Å². The van der Waals surface area contributed by atoms with Crippen LogP contribution >= 0.6 is 12.6 Å². The smallest absolute Gasteiger partial charge is 0.246 e. The van der Waals surface area contributed by atoms with E-state index >= 15 is 0 Å². The molecule has 1 spiro atoms. The fourth-order valence-electron chi connectivity index (χ4n) is 11.1. The maximum absolute atomic E-state index is 15.0. The average Bonchev–Trinajstić information content (AvgIpc) is 4.13. The van der Waals surface area contributed by atoms with Crippen LogP contribution < -0.4 is 21.3 Å². The first-order valence-electron chi connectivity index (χ1n) is 22.2. The second-order valence-corrected chi connectivity index (χ2v) is 18.3. The van der Waals surface area contributed by atoms with Crippen LogP contribution in [0.4, 0.5) is 0 Å². The Hall–Kier alpha value is -5.31. The van der Waals surface area contributed by atoms with E-state index in [1.165, 1.54) is 0 Å². The van der Waals surface area contributed by atoms with E-state index in [1.54, 1.807) is 9.80 Å². The van der Waals surface area contributed by atoms with Crippen molar-refractivity contribution >= 4 is 69.9 Å². The van der Waals surface area contributed by atoms with Crippen molar-refractivity contribution in [3.05, 3.63) is 72.1 Å². The van der Waals surface area contributed by atoms with E-state index in [0.717, 1.165) is 58.6 Å². The van der Waals surface area contributed by atoms with Crippen LogP contribution in [0.5, 0.6) is 0 Å². The van der Waals surface area contributed by atoms with Gasteiger partial charge in [-0.3, -0.25) is 28.8 Å². The first-order chi connectivity index (χ1) is 29.6. The van der Waals surface area contributed by atoms with Crippen LogP contribution in [0.25, 0.3) is 21.8 Å². The van der Waals surface area contributed by atoms with Crippen molar-refractivity contribution in [2.75, 3.05) is 12.3 Å². The number of aromatic amines is 2. The molecule has 5 heterocycles. The number of hydrogen-bond acceptors (Lipinski definition) is 7. The number of carbonyl (C=O) groups is 6. The number of amides is 6. The van der Waals surface area contributed by atoms with E-state index in [4.69, 9.17) is 0 Å². The normalized spacial score (nSPS) is 28.8. The van der Waals surface area contributed by atoms with Crippen molar-refractivity contribution in [2.24, 2.45) is 5.92 Å². The number of nitrogens with one attached hydrogen (secondary N) is 6. The molecule has 14 nitrogen and oxygen atoms in total. The first-order valence-corrected chi connectivity index (χ1v) is 22.8. The zero-order valence-electron chi connectivity index (χ0n) is 34.4. The zero-order chi connectivity index (χ0) is 42.3. The van der Waals surface area contributed by atoms with E-state index in [9.17, 15) is 28.8 Å². The highest BCUT2D eigenvalue weighted by Crippen LogP contribution is 2.41. The topological polar surface area (TPSA) is 189 Å². The number of benzene rings is 2. The predicted octanol–water partition coefficient (Wildman–Crippen LogP) is 3.80. The van der Waals surface area contributed by atoms with Gasteiger partial charge < -0.3 is 41.0 Å². The molecule has 9 rings (SSSR count). The Morgan fingerprint density at radius 2 is 1.26 bits per heavy atom. The number of fused-ring (bicyclic) bond motifs is 6. The minimum absolute atomic E-state index is 0.108. The Morgan fingerprint density at radius 3 is 1.93 bits per heavy atom. The molecular formula is C46H56N8O6S. The lowest BCUT2D eigenvalue weighted by molar-refractivity contribution is -0.150. The number of thiol groups is 1. The Bertz CT molecular complexity index is 2340. The van der Waals surface area contributed by atoms with Crippen LogP contribution in [0.15, 0.2) is 60.9 Å². The number of H-pyrrole nitrogens is 2. The van der Waals surface area contributed by atoms with Crippen LogP contribution in [0, 0.1) is 5.92 Å². The van der Waals surface area contributed by atoms with E-state index < -0.39 is 59.4 Å². The van der Waals surface area contributed by atoms with Crippen molar-refractivity contribution in [3.63, 3.8) is 0 Å². The van der Waals surface area contributed by atoms with Gasteiger partial charge in [0.05, 0.1) is 0 Å². The van der Waals surface area contributed by atoms with Crippen LogP contribution in [0.3, 0.4) is 0 Å². The van der Waals surface area contributed by atoms with Crippen molar-refractivity contribution in [2.45, 2.75) is 132 Å². The third-order valence-electron chi connectivity index (χ3n) is 14.2. The van der Waals surface area contributed by atoms with Gasteiger partial charge >= 0.3 is 0 Å². The summed E-state index contributed by atoms with van der Waals surface area (Å²) in [7, 11) is 0. The summed E-state index contributed by atoms with van der Waals surface area (Å²) in [6, 6.07) is 10.4. The fraction of sp³-hybridized carbons (Fsp3) is 0.522. The lowest BCUT2D eigenvalue weighted by atomic mass is 9.84. The predicted molar refractivity (Wildman–Crippen MR) is 233 cm³/mol. The quantitative estimate of drug-likeness (QED) is 0.145. The van der Waals surface area contributed by atoms with Crippen LogP contribution in [0.2, 0.25) is 0 Å². The summed E-state index contributed by atoms with van der Waals surface area (Å²) in [4.78, 5) is 98.5. The number of aromatic nitrogens is 2. The highest BCUT2D eigenvalue weighted by molar-refractivity contribution is 7.80. The number of carbonyl (C=O) groups excluding carboxylic acids is 6. The van der Waals surface area contributed by atoms with E-state index in [-0.39, 0.29) is 48.8 Å². The SMILES string of the molecule is O=C1NC2(CCCC2)C(=O)N[C@@H](Cc2c[nH]c3ccccc23)C(=O)N[C@@H](CCS)C(=O)N2CCC[C@@H]2C(=O)N2[C@H](C[C@H]3CCCC[C@H]32)C(=O)N[C@H]1Cc1c[nH]c2ccccc12. The molecule has 2 aromatic heterocycles. The molecule has 2 saturated carbocycles. The molecule has 322 valence electrons. The average molecular weight is 849 g/mol. The molecule has 0 bridgehead atoms. The Morgan fingerprint density at radius 1 is 0.639 bits per heavy atom.